The summed E-state index contributed by atoms with van der Waals surface area (Å²) in [6.45, 7) is 3.50. The third kappa shape index (κ3) is 5.21. The first-order valence-corrected chi connectivity index (χ1v) is 8.41. The molecule has 4 nitrogen and oxygen atoms in total. The lowest BCUT2D eigenvalue weighted by atomic mass is 10.2. The Balaban J connectivity index is 1.97. The summed E-state index contributed by atoms with van der Waals surface area (Å²) in [4.78, 5) is 18.2. The molecule has 0 N–H and O–H groups in total. The molecule has 1 amide bonds. The van der Waals surface area contributed by atoms with Crippen LogP contribution in [0.3, 0.4) is 0 Å². The summed E-state index contributed by atoms with van der Waals surface area (Å²) in [5, 5.41) is 0. The quantitative estimate of drug-likeness (QED) is 0.771. The van der Waals surface area contributed by atoms with Gasteiger partial charge in [0, 0.05) is 45.6 Å². The fourth-order valence-electron chi connectivity index (χ4n) is 2.58. The Labute approximate surface area is 149 Å². The maximum absolute atomic E-state index is 13.1. The number of benzene rings is 2. The van der Waals surface area contributed by atoms with Gasteiger partial charge in [-0.25, -0.2) is 4.39 Å². The first-order valence-electron chi connectivity index (χ1n) is 8.41. The van der Waals surface area contributed by atoms with Crippen LogP contribution in [0.5, 0.6) is 0 Å². The molecule has 0 aliphatic carbocycles. The van der Waals surface area contributed by atoms with Gasteiger partial charge in [-0.05, 0) is 48.9 Å². The summed E-state index contributed by atoms with van der Waals surface area (Å²) in [7, 11) is 5.81. The van der Waals surface area contributed by atoms with Crippen LogP contribution in [0.4, 0.5) is 15.8 Å². The first-order chi connectivity index (χ1) is 11.9. The largest absolute Gasteiger partial charge is 0.378 e. The van der Waals surface area contributed by atoms with Crippen LogP contribution in [0.1, 0.15) is 12.5 Å². The van der Waals surface area contributed by atoms with E-state index in [1.165, 1.54) is 12.1 Å². The van der Waals surface area contributed by atoms with Crippen molar-refractivity contribution in [2.75, 3.05) is 44.0 Å². The average Bonchev–Trinajstić information content (AvgIpc) is 2.60. The van der Waals surface area contributed by atoms with Crippen molar-refractivity contribution in [3.8, 4) is 0 Å². The summed E-state index contributed by atoms with van der Waals surface area (Å²) in [5.41, 5.74) is 3.07. The zero-order valence-corrected chi connectivity index (χ0v) is 15.4. The second kappa shape index (κ2) is 8.51. The molecule has 25 heavy (non-hydrogen) atoms. The van der Waals surface area contributed by atoms with Gasteiger partial charge < -0.3 is 14.7 Å². The Hall–Kier alpha value is -2.56. The standard InChI is InChI=1S/C20H26FN3O/c1-5-24(19-12-8-17(21)9-13-19)15-20(25)23(4)14-16-6-10-18(11-7-16)22(2)3/h6-13H,5,14-15H2,1-4H3. The van der Waals surface area contributed by atoms with Crippen molar-refractivity contribution < 1.29 is 9.18 Å². The van der Waals surface area contributed by atoms with Crippen molar-refractivity contribution in [2.24, 2.45) is 0 Å². The Morgan fingerprint density at radius 2 is 1.48 bits per heavy atom. The molecule has 2 aromatic rings. The zero-order chi connectivity index (χ0) is 18.4. The lowest BCUT2D eigenvalue weighted by molar-refractivity contribution is -0.128. The number of rotatable bonds is 7. The number of nitrogens with zero attached hydrogens (tertiary/aromatic N) is 3. The second-order valence-electron chi connectivity index (χ2n) is 6.30. The topological polar surface area (TPSA) is 26.8 Å². The van der Waals surface area contributed by atoms with Gasteiger partial charge >= 0.3 is 0 Å². The summed E-state index contributed by atoms with van der Waals surface area (Å²) < 4.78 is 13.1. The van der Waals surface area contributed by atoms with Gasteiger partial charge in [0.25, 0.3) is 0 Å². The van der Waals surface area contributed by atoms with Gasteiger partial charge in [0.05, 0.1) is 6.54 Å². The molecule has 0 aromatic heterocycles. The molecule has 2 rings (SSSR count). The van der Waals surface area contributed by atoms with Gasteiger partial charge in [-0.15, -0.1) is 0 Å². The third-order valence-electron chi connectivity index (χ3n) is 4.20. The number of carbonyl (C=O) groups excluding carboxylic acids is 1. The van der Waals surface area contributed by atoms with Crippen LogP contribution in [0.25, 0.3) is 0 Å². The summed E-state index contributed by atoms with van der Waals surface area (Å²) in [6.07, 6.45) is 0. The lowest BCUT2D eigenvalue weighted by Gasteiger charge is -2.26. The van der Waals surface area contributed by atoms with Crippen LogP contribution in [0.15, 0.2) is 48.5 Å². The number of hydrogen-bond acceptors (Lipinski definition) is 3. The van der Waals surface area contributed by atoms with Crippen molar-refractivity contribution in [2.45, 2.75) is 13.5 Å². The zero-order valence-electron chi connectivity index (χ0n) is 15.4. The van der Waals surface area contributed by atoms with Gasteiger partial charge in [-0.3, -0.25) is 4.79 Å². The van der Waals surface area contributed by atoms with Crippen molar-refractivity contribution in [1.29, 1.82) is 0 Å². The first kappa shape index (κ1) is 18.8. The number of amides is 1. The summed E-state index contributed by atoms with van der Waals surface area (Å²) in [6, 6.07) is 14.4. The van der Waals surface area contributed by atoms with E-state index in [2.05, 4.69) is 0 Å². The molecule has 0 saturated carbocycles. The Morgan fingerprint density at radius 1 is 0.920 bits per heavy atom. The molecule has 0 aliphatic rings. The number of halogens is 1. The molecule has 0 unspecified atom stereocenters. The van der Waals surface area contributed by atoms with Crippen LogP contribution < -0.4 is 9.80 Å². The van der Waals surface area contributed by atoms with Crippen LogP contribution in [0, 0.1) is 5.82 Å². The highest BCUT2D eigenvalue weighted by Gasteiger charge is 2.14. The smallest absolute Gasteiger partial charge is 0.242 e. The number of anilines is 2. The number of carbonyl (C=O) groups is 1. The van der Waals surface area contributed by atoms with E-state index in [1.54, 1.807) is 24.1 Å². The predicted molar refractivity (Wildman–Crippen MR) is 102 cm³/mol. The molecule has 0 atom stereocenters. The van der Waals surface area contributed by atoms with Crippen molar-refractivity contribution in [3.63, 3.8) is 0 Å². The van der Waals surface area contributed by atoms with Crippen molar-refractivity contribution >= 4 is 17.3 Å². The number of hydrogen-bond donors (Lipinski definition) is 0. The molecular formula is C20H26FN3O. The van der Waals surface area contributed by atoms with Gasteiger partial charge in [0.15, 0.2) is 0 Å². The van der Waals surface area contributed by atoms with Gasteiger partial charge in [-0.2, -0.15) is 0 Å². The lowest BCUT2D eigenvalue weighted by Crippen LogP contribution is -2.38. The molecule has 0 heterocycles. The van der Waals surface area contributed by atoms with Crippen LogP contribution in [-0.4, -0.2) is 45.0 Å². The SMILES string of the molecule is CCN(CC(=O)N(C)Cc1ccc(N(C)C)cc1)c1ccc(F)cc1. The highest BCUT2D eigenvalue weighted by atomic mass is 19.1. The minimum Gasteiger partial charge on any atom is -0.378 e. The Kier molecular flexibility index (Phi) is 6.39. The maximum Gasteiger partial charge on any atom is 0.242 e. The molecule has 2 aromatic carbocycles. The molecule has 0 saturated heterocycles. The Bertz CT molecular complexity index is 683. The van der Waals surface area contributed by atoms with Gasteiger partial charge in [0.1, 0.15) is 5.82 Å². The van der Waals surface area contributed by atoms with Gasteiger partial charge in [-0.1, -0.05) is 12.1 Å². The van der Waals surface area contributed by atoms with E-state index < -0.39 is 0 Å². The van der Waals surface area contributed by atoms with E-state index in [0.717, 1.165) is 16.9 Å². The highest BCUT2D eigenvalue weighted by molar-refractivity contribution is 5.81. The highest BCUT2D eigenvalue weighted by Crippen LogP contribution is 2.16. The predicted octanol–water partition coefficient (Wildman–Crippen LogP) is 3.38. The monoisotopic (exact) mass is 343 g/mol. The van der Waals surface area contributed by atoms with Crippen molar-refractivity contribution in [1.82, 2.24) is 4.90 Å². The van der Waals surface area contributed by atoms with Crippen molar-refractivity contribution in [3.05, 3.63) is 59.9 Å². The normalized spacial score (nSPS) is 10.4. The minimum atomic E-state index is -0.274. The fraction of sp³-hybridized carbons (Fsp3) is 0.350. The molecule has 0 spiro atoms. The molecular weight excluding hydrogens is 317 g/mol. The van der Waals surface area contributed by atoms with E-state index in [1.807, 2.05) is 55.1 Å². The summed E-state index contributed by atoms with van der Waals surface area (Å²) in [5.74, 6) is -0.243. The number of likely N-dealkylation sites (N-methyl/N-ethyl adjacent to an activating group) is 2. The molecule has 0 fully saturated rings. The average molecular weight is 343 g/mol. The van der Waals surface area contributed by atoms with E-state index in [9.17, 15) is 9.18 Å². The molecule has 134 valence electrons. The second-order valence-corrected chi connectivity index (χ2v) is 6.30. The minimum absolute atomic E-state index is 0.0304. The van der Waals surface area contributed by atoms with E-state index in [0.29, 0.717) is 13.1 Å². The van der Waals surface area contributed by atoms with Crippen LogP contribution in [-0.2, 0) is 11.3 Å². The van der Waals surface area contributed by atoms with E-state index >= 15 is 0 Å². The van der Waals surface area contributed by atoms with Crippen LogP contribution in [0.2, 0.25) is 0 Å². The summed E-state index contributed by atoms with van der Waals surface area (Å²) >= 11 is 0. The maximum atomic E-state index is 13.1. The van der Waals surface area contributed by atoms with Gasteiger partial charge in [0.2, 0.25) is 5.91 Å². The Morgan fingerprint density at radius 3 is 2.00 bits per heavy atom. The molecule has 0 bridgehead atoms. The van der Waals surface area contributed by atoms with Crippen LogP contribution >= 0.6 is 0 Å². The van der Waals surface area contributed by atoms with E-state index in [4.69, 9.17) is 0 Å². The van der Waals surface area contributed by atoms with E-state index in [-0.39, 0.29) is 18.3 Å². The fourth-order valence-corrected chi connectivity index (χ4v) is 2.58. The molecule has 0 radical (unpaired) electrons. The molecule has 5 heteroatoms. The molecule has 0 aliphatic heterocycles. The third-order valence-corrected chi connectivity index (χ3v) is 4.20.